The van der Waals surface area contributed by atoms with Crippen molar-refractivity contribution in [2.75, 3.05) is 13.1 Å². The molecule has 1 aromatic rings. The number of nitrogens with zero attached hydrogens (tertiary/aromatic N) is 2. The predicted octanol–water partition coefficient (Wildman–Crippen LogP) is 0.926. The van der Waals surface area contributed by atoms with Gasteiger partial charge in [0.05, 0.1) is 6.54 Å². The second-order valence-electron chi connectivity index (χ2n) is 5.23. The Labute approximate surface area is 108 Å². The Kier molecular flexibility index (Phi) is 2.58. The summed E-state index contributed by atoms with van der Waals surface area (Å²) in [6.45, 7) is -0.306. The number of hydrogen-bond acceptors (Lipinski definition) is 3. The van der Waals surface area contributed by atoms with Crippen LogP contribution in [0.5, 0.6) is 0 Å². The number of aromatic amines is 1. The maximum Gasteiger partial charge on any atom is 0.343 e. The van der Waals surface area contributed by atoms with Crippen LogP contribution < -0.4 is 0 Å². The van der Waals surface area contributed by atoms with Crippen LogP contribution in [0.4, 0.5) is 4.39 Å². The summed E-state index contributed by atoms with van der Waals surface area (Å²) < 4.78 is 13.9. The molecule has 2 aliphatic rings. The molecule has 7 heteroatoms. The van der Waals surface area contributed by atoms with Crippen molar-refractivity contribution >= 4 is 11.9 Å². The van der Waals surface area contributed by atoms with Gasteiger partial charge in [-0.05, 0) is 18.9 Å². The Hall–Kier alpha value is -1.92. The maximum absolute atomic E-state index is 13.9. The number of carbonyl (C=O) groups is 2. The Bertz CT molecular complexity index is 540. The summed E-state index contributed by atoms with van der Waals surface area (Å²) in [6, 6.07) is 1.68. The van der Waals surface area contributed by atoms with Crippen molar-refractivity contribution in [2.24, 2.45) is 0 Å². The van der Waals surface area contributed by atoms with Gasteiger partial charge in [0, 0.05) is 24.6 Å². The number of hydrogen-bond donors (Lipinski definition) is 2. The molecule has 102 valence electrons. The summed E-state index contributed by atoms with van der Waals surface area (Å²) in [4.78, 5) is 24.1. The lowest BCUT2D eigenvalue weighted by atomic mass is 10.1. The van der Waals surface area contributed by atoms with E-state index in [2.05, 4.69) is 10.2 Å². The highest BCUT2D eigenvalue weighted by molar-refractivity contribution is 5.93. The number of likely N-dealkylation sites (tertiary alicyclic amines) is 1. The highest BCUT2D eigenvalue weighted by atomic mass is 19.1. The summed E-state index contributed by atoms with van der Waals surface area (Å²) in [5.74, 6) is -1.47. The molecule has 1 aliphatic heterocycles. The minimum Gasteiger partial charge on any atom is -0.479 e. The molecule has 2 fully saturated rings. The summed E-state index contributed by atoms with van der Waals surface area (Å²) in [6.07, 6.45) is 2.01. The van der Waals surface area contributed by atoms with Crippen LogP contribution in [-0.2, 0) is 4.79 Å². The first-order valence-corrected chi connectivity index (χ1v) is 6.26. The molecule has 6 nitrogen and oxygen atoms in total. The van der Waals surface area contributed by atoms with Gasteiger partial charge in [0.25, 0.3) is 5.91 Å². The van der Waals surface area contributed by atoms with Crippen molar-refractivity contribution in [2.45, 2.75) is 30.8 Å². The fourth-order valence-electron chi connectivity index (χ4n) is 2.33. The molecule has 0 aromatic carbocycles. The molecular weight excluding hydrogens is 253 g/mol. The minimum absolute atomic E-state index is 0.104. The molecule has 1 saturated carbocycles. The fourth-order valence-corrected chi connectivity index (χ4v) is 2.33. The molecule has 1 atom stereocenters. The van der Waals surface area contributed by atoms with Gasteiger partial charge < -0.3 is 10.0 Å². The first kappa shape index (κ1) is 12.1. The molecule has 0 bridgehead atoms. The molecule has 19 heavy (non-hydrogen) atoms. The zero-order valence-electron chi connectivity index (χ0n) is 10.2. The van der Waals surface area contributed by atoms with E-state index in [0.29, 0.717) is 5.92 Å². The highest BCUT2D eigenvalue weighted by Gasteiger charge is 2.47. The minimum atomic E-state index is -2.33. The second kappa shape index (κ2) is 4.04. The number of nitrogens with one attached hydrogen (secondary N) is 1. The number of halogens is 1. The molecule has 0 spiro atoms. The summed E-state index contributed by atoms with van der Waals surface area (Å²) in [7, 11) is 0. The van der Waals surface area contributed by atoms with E-state index in [1.807, 2.05) is 0 Å². The molecular formula is C12H14FN3O3. The Morgan fingerprint density at radius 1 is 1.53 bits per heavy atom. The third-order valence-electron chi connectivity index (χ3n) is 3.72. The van der Waals surface area contributed by atoms with Crippen LogP contribution in [0, 0.1) is 0 Å². The van der Waals surface area contributed by atoms with E-state index in [1.165, 1.54) is 4.90 Å². The van der Waals surface area contributed by atoms with Crippen LogP contribution in [0.1, 0.15) is 41.4 Å². The second-order valence-corrected chi connectivity index (χ2v) is 5.23. The number of carboxylic acids is 1. The van der Waals surface area contributed by atoms with E-state index >= 15 is 0 Å². The lowest BCUT2D eigenvalue weighted by Gasteiger charge is -2.16. The summed E-state index contributed by atoms with van der Waals surface area (Å²) in [5.41, 5.74) is -1.17. The van der Waals surface area contributed by atoms with Gasteiger partial charge in [0.2, 0.25) is 5.67 Å². The standard InChI is InChI=1S/C12H14FN3O3/c13-12(11(18)19)3-4-16(6-12)10(17)9-5-8(14-15-9)7-1-2-7/h5,7H,1-4,6H2,(H,14,15)(H,18,19). The van der Waals surface area contributed by atoms with Gasteiger partial charge in [-0.25, -0.2) is 9.18 Å². The zero-order valence-corrected chi connectivity index (χ0v) is 10.2. The normalized spacial score (nSPS) is 26.7. The molecule has 3 rings (SSSR count). The van der Waals surface area contributed by atoms with Crippen molar-refractivity contribution in [1.82, 2.24) is 15.1 Å². The van der Waals surface area contributed by atoms with Crippen LogP contribution in [0.3, 0.4) is 0 Å². The van der Waals surface area contributed by atoms with Crippen molar-refractivity contribution in [3.63, 3.8) is 0 Å². The van der Waals surface area contributed by atoms with Crippen LogP contribution in [0.15, 0.2) is 6.07 Å². The number of aliphatic carboxylic acids is 1. The average Bonchev–Trinajstić information content (AvgIpc) is 2.97. The van der Waals surface area contributed by atoms with E-state index in [4.69, 9.17) is 5.11 Å². The Morgan fingerprint density at radius 2 is 2.26 bits per heavy atom. The van der Waals surface area contributed by atoms with Gasteiger partial charge in [-0.1, -0.05) is 0 Å². The van der Waals surface area contributed by atoms with Gasteiger partial charge >= 0.3 is 5.97 Å². The SMILES string of the molecule is O=C(c1cc(C2CC2)[nH]n1)N1CCC(F)(C(=O)O)C1. The number of carboxylic acid groups (broad SMARTS) is 1. The molecule has 1 aromatic heterocycles. The fraction of sp³-hybridized carbons (Fsp3) is 0.583. The Balaban J connectivity index is 1.72. The topological polar surface area (TPSA) is 86.3 Å². The lowest BCUT2D eigenvalue weighted by molar-refractivity contribution is -0.149. The largest absolute Gasteiger partial charge is 0.479 e. The van der Waals surface area contributed by atoms with Crippen LogP contribution in [-0.4, -0.2) is 50.8 Å². The van der Waals surface area contributed by atoms with E-state index in [0.717, 1.165) is 18.5 Å². The molecule has 2 heterocycles. The number of carbonyl (C=O) groups excluding carboxylic acids is 1. The predicted molar refractivity (Wildman–Crippen MR) is 62.6 cm³/mol. The van der Waals surface area contributed by atoms with Gasteiger partial charge in [-0.3, -0.25) is 9.89 Å². The molecule has 1 saturated heterocycles. The monoisotopic (exact) mass is 267 g/mol. The van der Waals surface area contributed by atoms with Gasteiger partial charge in [-0.2, -0.15) is 5.10 Å². The number of amides is 1. The first-order chi connectivity index (χ1) is 8.99. The third-order valence-corrected chi connectivity index (χ3v) is 3.72. The first-order valence-electron chi connectivity index (χ1n) is 6.26. The molecule has 1 aliphatic carbocycles. The van der Waals surface area contributed by atoms with E-state index in [1.54, 1.807) is 6.07 Å². The highest BCUT2D eigenvalue weighted by Crippen LogP contribution is 2.39. The third kappa shape index (κ3) is 2.09. The number of rotatable bonds is 3. The molecule has 2 N–H and O–H groups in total. The van der Waals surface area contributed by atoms with Gasteiger partial charge in [0.1, 0.15) is 5.69 Å². The summed E-state index contributed by atoms with van der Waals surface area (Å²) >= 11 is 0. The van der Waals surface area contributed by atoms with Gasteiger partial charge in [-0.15, -0.1) is 0 Å². The molecule has 0 radical (unpaired) electrons. The molecule has 1 unspecified atom stereocenters. The lowest BCUT2D eigenvalue weighted by Crippen LogP contribution is -2.39. The van der Waals surface area contributed by atoms with E-state index in [9.17, 15) is 14.0 Å². The zero-order chi connectivity index (χ0) is 13.6. The maximum atomic E-state index is 13.9. The number of alkyl halides is 1. The van der Waals surface area contributed by atoms with E-state index in [-0.39, 0.29) is 18.7 Å². The quantitative estimate of drug-likeness (QED) is 0.852. The number of aromatic nitrogens is 2. The number of H-pyrrole nitrogens is 1. The smallest absolute Gasteiger partial charge is 0.343 e. The van der Waals surface area contributed by atoms with Crippen molar-refractivity contribution in [1.29, 1.82) is 0 Å². The molecule has 1 amide bonds. The van der Waals surface area contributed by atoms with E-state index < -0.39 is 24.1 Å². The van der Waals surface area contributed by atoms with Crippen LogP contribution in [0.2, 0.25) is 0 Å². The van der Waals surface area contributed by atoms with Gasteiger partial charge in [0.15, 0.2) is 0 Å². The van der Waals surface area contributed by atoms with Crippen LogP contribution in [0.25, 0.3) is 0 Å². The average molecular weight is 267 g/mol. The Morgan fingerprint density at radius 3 is 2.84 bits per heavy atom. The van der Waals surface area contributed by atoms with Crippen molar-refractivity contribution in [3.05, 3.63) is 17.5 Å². The van der Waals surface area contributed by atoms with Crippen molar-refractivity contribution < 1.29 is 19.1 Å². The van der Waals surface area contributed by atoms with Crippen LogP contribution >= 0.6 is 0 Å². The van der Waals surface area contributed by atoms with Crippen molar-refractivity contribution in [3.8, 4) is 0 Å². The summed E-state index contributed by atoms with van der Waals surface area (Å²) in [5, 5.41) is 15.5.